The molecule has 0 radical (unpaired) electrons. The summed E-state index contributed by atoms with van der Waals surface area (Å²) in [5.41, 5.74) is 0. The maximum atomic E-state index is 10.1. The normalized spacial score (nSPS) is 26.4. The van der Waals surface area contributed by atoms with E-state index in [1.807, 2.05) is 0 Å². The first-order chi connectivity index (χ1) is 3.30. The van der Waals surface area contributed by atoms with Gasteiger partial charge < -0.3 is 4.55 Å². The summed E-state index contributed by atoms with van der Waals surface area (Å²) in [7, 11) is 0. The highest BCUT2D eigenvalue weighted by atomic mass is 32.2. The largest absolute Gasteiger partial charge is 0.306 e. The second kappa shape index (κ2) is 1.92. The van der Waals surface area contributed by atoms with Crippen LogP contribution in [0.2, 0.25) is 0 Å². The van der Waals surface area contributed by atoms with E-state index in [1.54, 1.807) is 0 Å². The first kappa shape index (κ1) is 5.25. The third-order valence-corrected chi connectivity index (χ3v) is 2.38. The second-order valence-corrected chi connectivity index (χ2v) is 3.05. The maximum absolute atomic E-state index is 10.1. The van der Waals surface area contributed by atoms with Gasteiger partial charge in [0.2, 0.25) is 0 Å². The average molecular weight is 120 g/mol. The van der Waals surface area contributed by atoms with Gasteiger partial charge in [0.1, 0.15) is 0 Å². The van der Waals surface area contributed by atoms with Crippen molar-refractivity contribution in [3.05, 3.63) is 0 Å². The molecular formula is C4H8O2S. The predicted molar refractivity (Wildman–Crippen MR) is 28.4 cm³/mol. The van der Waals surface area contributed by atoms with E-state index in [-0.39, 0.29) is 5.25 Å². The molecule has 0 spiro atoms. The van der Waals surface area contributed by atoms with Crippen molar-refractivity contribution in [2.24, 2.45) is 0 Å². The minimum absolute atomic E-state index is 0.111. The van der Waals surface area contributed by atoms with Crippen molar-refractivity contribution in [2.75, 3.05) is 0 Å². The Balaban J connectivity index is 2.27. The molecule has 0 aromatic carbocycles. The lowest BCUT2D eigenvalue weighted by Gasteiger charge is -2.20. The van der Waals surface area contributed by atoms with Crippen LogP contribution in [0.5, 0.6) is 0 Å². The molecule has 1 fully saturated rings. The van der Waals surface area contributed by atoms with Gasteiger partial charge in [-0.1, -0.05) is 6.42 Å². The van der Waals surface area contributed by atoms with E-state index >= 15 is 0 Å². The first-order valence-electron chi connectivity index (χ1n) is 2.40. The molecule has 2 nitrogen and oxygen atoms in total. The monoisotopic (exact) mass is 120 g/mol. The molecule has 0 bridgehead atoms. The molecule has 42 valence electrons. The highest BCUT2D eigenvalue weighted by Gasteiger charge is 2.22. The zero-order chi connectivity index (χ0) is 5.28. The Morgan fingerprint density at radius 1 is 1.57 bits per heavy atom. The standard InChI is InChI=1S/C4H8O2S/c5-7(6)4-2-1-3-4/h4H,1-3H2,(H,5,6). The molecule has 1 aliphatic carbocycles. The molecule has 0 aromatic heterocycles. The molecule has 7 heavy (non-hydrogen) atoms. The highest BCUT2D eigenvalue weighted by molar-refractivity contribution is 7.79. The van der Waals surface area contributed by atoms with Crippen LogP contribution in [-0.4, -0.2) is 14.0 Å². The van der Waals surface area contributed by atoms with Crippen LogP contribution in [-0.2, 0) is 11.1 Å². The lowest BCUT2D eigenvalue weighted by atomic mass is 10.0. The molecule has 1 aliphatic rings. The summed E-state index contributed by atoms with van der Waals surface area (Å²) < 4.78 is 18.4. The molecule has 1 rings (SSSR count). The molecular weight excluding hydrogens is 112 g/mol. The van der Waals surface area contributed by atoms with E-state index in [1.165, 1.54) is 0 Å². The van der Waals surface area contributed by atoms with Crippen molar-refractivity contribution in [1.29, 1.82) is 0 Å². The molecule has 3 heteroatoms. The van der Waals surface area contributed by atoms with E-state index in [4.69, 9.17) is 4.55 Å². The Kier molecular flexibility index (Phi) is 1.44. The third kappa shape index (κ3) is 1.01. The number of hydrogen-bond donors (Lipinski definition) is 1. The van der Waals surface area contributed by atoms with Crippen LogP contribution in [0.1, 0.15) is 19.3 Å². The molecule has 0 aromatic rings. The van der Waals surface area contributed by atoms with E-state index in [0.29, 0.717) is 0 Å². The Morgan fingerprint density at radius 3 is 2.14 bits per heavy atom. The number of rotatable bonds is 1. The molecule has 0 saturated heterocycles. The van der Waals surface area contributed by atoms with Gasteiger partial charge >= 0.3 is 0 Å². The summed E-state index contributed by atoms with van der Waals surface area (Å²) in [6, 6.07) is 0. The quantitative estimate of drug-likeness (QED) is 0.519. The van der Waals surface area contributed by atoms with Gasteiger partial charge in [-0.3, -0.25) is 0 Å². The van der Waals surface area contributed by atoms with Crippen LogP contribution in [0.4, 0.5) is 0 Å². The molecule has 0 amide bonds. The summed E-state index contributed by atoms with van der Waals surface area (Å²) in [6.07, 6.45) is 3.03. The van der Waals surface area contributed by atoms with Crippen LogP contribution in [0.25, 0.3) is 0 Å². The molecule has 1 unspecified atom stereocenters. The zero-order valence-corrected chi connectivity index (χ0v) is 4.78. The van der Waals surface area contributed by atoms with Gasteiger partial charge in [-0.05, 0) is 12.8 Å². The van der Waals surface area contributed by atoms with Gasteiger partial charge in [-0.25, -0.2) is 4.21 Å². The summed E-state index contributed by atoms with van der Waals surface area (Å²) in [5, 5.41) is 0.111. The molecule has 0 heterocycles. The summed E-state index contributed by atoms with van der Waals surface area (Å²) in [6.45, 7) is 0. The summed E-state index contributed by atoms with van der Waals surface area (Å²) >= 11 is -1.52. The van der Waals surface area contributed by atoms with Gasteiger partial charge in [0.25, 0.3) is 0 Å². The van der Waals surface area contributed by atoms with Gasteiger partial charge in [-0.15, -0.1) is 0 Å². The predicted octanol–water partition coefficient (Wildman–Crippen LogP) is 0.761. The number of hydrogen-bond acceptors (Lipinski definition) is 1. The zero-order valence-electron chi connectivity index (χ0n) is 3.96. The van der Waals surface area contributed by atoms with Crippen molar-refractivity contribution in [3.8, 4) is 0 Å². The van der Waals surface area contributed by atoms with E-state index in [0.717, 1.165) is 19.3 Å². The summed E-state index contributed by atoms with van der Waals surface area (Å²) in [5.74, 6) is 0. The highest BCUT2D eigenvalue weighted by Crippen LogP contribution is 2.22. The van der Waals surface area contributed by atoms with Crippen molar-refractivity contribution in [1.82, 2.24) is 0 Å². The van der Waals surface area contributed by atoms with Gasteiger partial charge in [0.15, 0.2) is 11.1 Å². The lowest BCUT2D eigenvalue weighted by Crippen LogP contribution is -2.22. The molecule has 1 saturated carbocycles. The van der Waals surface area contributed by atoms with Crippen LogP contribution in [0.15, 0.2) is 0 Å². The Bertz CT molecular complexity index is 87.7. The smallest absolute Gasteiger partial charge is 0.155 e. The fourth-order valence-electron chi connectivity index (χ4n) is 0.572. The van der Waals surface area contributed by atoms with E-state index in [9.17, 15) is 4.21 Å². The van der Waals surface area contributed by atoms with Gasteiger partial charge in [0.05, 0.1) is 5.25 Å². The first-order valence-corrected chi connectivity index (χ1v) is 3.57. The van der Waals surface area contributed by atoms with Crippen molar-refractivity contribution in [3.63, 3.8) is 0 Å². The van der Waals surface area contributed by atoms with E-state index < -0.39 is 11.1 Å². The molecule has 1 atom stereocenters. The Hall–Kier alpha value is 0.110. The van der Waals surface area contributed by atoms with Crippen LogP contribution < -0.4 is 0 Å². The minimum atomic E-state index is -1.52. The molecule has 1 N–H and O–H groups in total. The van der Waals surface area contributed by atoms with Gasteiger partial charge in [-0.2, -0.15) is 0 Å². The SMILES string of the molecule is O=S(O)C1CCC1. The third-order valence-electron chi connectivity index (χ3n) is 1.34. The van der Waals surface area contributed by atoms with Crippen LogP contribution in [0, 0.1) is 0 Å². The van der Waals surface area contributed by atoms with Crippen molar-refractivity contribution < 1.29 is 8.76 Å². The topological polar surface area (TPSA) is 37.3 Å². The Morgan fingerprint density at radius 2 is 2.14 bits per heavy atom. The minimum Gasteiger partial charge on any atom is -0.306 e. The van der Waals surface area contributed by atoms with Gasteiger partial charge in [0, 0.05) is 0 Å². The lowest BCUT2D eigenvalue weighted by molar-refractivity contribution is 0.462. The second-order valence-electron chi connectivity index (χ2n) is 1.83. The van der Waals surface area contributed by atoms with Crippen molar-refractivity contribution in [2.45, 2.75) is 24.5 Å². The maximum Gasteiger partial charge on any atom is 0.155 e. The van der Waals surface area contributed by atoms with Crippen LogP contribution in [0.3, 0.4) is 0 Å². The van der Waals surface area contributed by atoms with Crippen molar-refractivity contribution >= 4 is 11.1 Å². The van der Waals surface area contributed by atoms with Crippen LogP contribution >= 0.6 is 0 Å². The van der Waals surface area contributed by atoms with E-state index in [2.05, 4.69) is 0 Å². The average Bonchev–Trinajstić information content (AvgIpc) is 1.23. The summed E-state index contributed by atoms with van der Waals surface area (Å²) in [4.78, 5) is 0. The molecule has 0 aliphatic heterocycles. The Labute approximate surface area is 45.2 Å². The fourth-order valence-corrected chi connectivity index (χ4v) is 1.31. The fraction of sp³-hybridized carbons (Fsp3) is 1.00.